The summed E-state index contributed by atoms with van der Waals surface area (Å²) in [5.41, 5.74) is 2.31. The van der Waals surface area contributed by atoms with Crippen molar-refractivity contribution in [1.29, 1.82) is 0 Å². The lowest BCUT2D eigenvalue weighted by atomic mass is 10.1. The van der Waals surface area contributed by atoms with Crippen molar-refractivity contribution in [3.63, 3.8) is 0 Å². The SMILES string of the molecule is CN(C)S(=O)(=O)c1cccc(Nc2ncnc3scc(-c4ccc(F)cc4)c23)c1. The first-order valence-electron chi connectivity index (χ1n) is 8.64. The molecule has 0 spiro atoms. The van der Waals surface area contributed by atoms with E-state index in [1.165, 1.54) is 48.2 Å². The molecule has 0 unspecified atom stereocenters. The van der Waals surface area contributed by atoms with Crippen molar-refractivity contribution in [2.24, 2.45) is 0 Å². The molecule has 0 aliphatic heterocycles. The van der Waals surface area contributed by atoms with Crippen molar-refractivity contribution in [3.05, 3.63) is 66.1 Å². The molecule has 0 aliphatic rings. The van der Waals surface area contributed by atoms with Crippen LogP contribution in [0.5, 0.6) is 0 Å². The number of thiophene rings is 1. The molecule has 2 aromatic heterocycles. The summed E-state index contributed by atoms with van der Waals surface area (Å²) < 4.78 is 39.3. The summed E-state index contributed by atoms with van der Waals surface area (Å²) in [6, 6.07) is 12.8. The minimum absolute atomic E-state index is 0.182. The average molecular weight is 429 g/mol. The Hall–Kier alpha value is -2.88. The first-order valence-corrected chi connectivity index (χ1v) is 11.0. The van der Waals surface area contributed by atoms with Crippen molar-refractivity contribution in [2.45, 2.75) is 4.90 Å². The van der Waals surface area contributed by atoms with E-state index in [0.29, 0.717) is 11.5 Å². The first kappa shape index (κ1) is 19.4. The Morgan fingerprint density at radius 2 is 1.83 bits per heavy atom. The highest BCUT2D eigenvalue weighted by Gasteiger charge is 2.18. The van der Waals surface area contributed by atoms with Crippen LogP contribution in [-0.2, 0) is 10.0 Å². The third-order valence-electron chi connectivity index (χ3n) is 4.40. The van der Waals surface area contributed by atoms with Crippen LogP contribution < -0.4 is 5.32 Å². The Morgan fingerprint density at radius 1 is 1.07 bits per heavy atom. The van der Waals surface area contributed by atoms with Gasteiger partial charge in [-0.05, 0) is 35.9 Å². The van der Waals surface area contributed by atoms with Gasteiger partial charge in [-0.2, -0.15) is 0 Å². The molecular weight excluding hydrogens is 411 g/mol. The molecule has 2 heterocycles. The lowest BCUT2D eigenvalue weighted by Crippen LogP contribution is -2.22. The fourth-order valence-corrected chi connectivity index (χ4v) is 4.76. The molecule has 0 radical (unpaired) electrons. The van der Waals surface area contributed by atoms with Gasteiger partial charge in [0.05, 0.1) is 10.3 Å². The van der Waals surface area contributed by atoms with E-state index in [-0.39, 0.29) is 10.7 Å². The fraction of sp³-hybridized carbons (Fsp3) is 0.100. The molecule has 0 fully saturated rings. The highest BCUT2D eigenvalue weighted by atomic mass is 32.2. The van der Waals surface area contributed by atoms with Gasteiger partial charge in [0.2, 0.25) is 10.0 Å². The Balaban J connectivity index is 1.78. The predicted molar refractivity (Wildman–Crippen MR) is 113 cm³/mol. The van der Waals surface area contributed by atoms with E-state index in [9.17, 15) is 12.8 Å². The number of benzene rings is 2. The van der Waals surface area contributed by atoms with Gasteiger partial charge in [0, 0.05) is 30.7 Å². The van der Waals surface area contributed by atoms with Crippen LogP contribution in [0.15, 0.2) is 65.1 Å². The molecule has 4 rings (SSSR count). The molecule has 2 aromatic carbocycles. The van der Waals surface area contributed by atoms with Crippen LogP contribution in [0.1, 0.15) is 0 Å². The number of hydrogen-bond donors (Lipinski definition) is 1. The van der Waals surface area contributed by atoms with E-state index < -0.39 is 10.0 Å². The molecule has 0 bridgehead atoms. The van der Waals surface area contributed by atoms with Gasteiger partial charge >= 0.3 is 0 Å². The van der Waals surface area contributed by atoms with Crippen LogP contribution in [0, 0.1) is 5.82 Å². The first-order chi connectivity index (χ1) is 13.9. The average Bonchev–Trinajstić information content (AvgIpc) is 3.14. The number of hydrogen-bond acceptors (Lipinski definition) is 6. The normalized spacial score (nSPS) is 11.9. The topological polar surface area (TPSA) is 75.2 Å². The van der Waals surface area contributed by atoms with Gasteiger partial charge in [-0.3, -0.25) is 0 Å². The molecule has 148 valence electrons. The highest BCUT2D eigenvalue weighted by molar-refractivity contribution is 7.89. The van der Waals surface area contributed by atoms with Gasteiger partial charge in [0.25, 0.3) is 0 Å². The fourth-order valence-electron chi connectivity index (χ4n) is 2.89. The summed E-state index contributed by atoms with van der Waals surface area (Å²) in [6.07, 6.45) is 1.45. The maximum absolute atomic E-state index is 13.3. The second kappa shape index (κ2) is 7.51. The van der Waals surface area contributed by atoms with Crippen LogP contribution in [0.25, 0.3) is 21.3 Å². The van der Waals surface area contributed by atoms with E-state index in [1.54, 1.807) is 36.4 Å². The van der Waals surface area contributed by atoms with Crippen molar-refractivity contribution in [3.8, 4) is 11.1 Å². The van der Waals surface area contributed by atoms with E-state index in [2.05, 4.69) is 15.3 Å². The Bertz CT molecular complexity index is 1290. The number of rotatable bonds is 5. The van der Waals surface area contributed by atoms with Crippen molar-refractivity contribution in [1.82, 2.24) is 14.3 Å². The molecule has 4 aromatic rings. The number of sulfonamides is 1. The number of nitrogens with one attached hydrogen (secondary N) is 1. The van der Waals surface area contributed by atoms with Crippen molar-refractivity contribution < 1.29 is 12.8 Å². The zero-order valence-corrected chi connectivity index (χ0v) is 17.3. The second-order valence-electron chi connectivity index (χ2n) is 6.50. The molecule has 9 heteroatoms. The maximum Gasteiger partial charge on any atom is 0.242 e. The number of anilines is 2. The molecule has 0 saturated carbocycles. The molecule has 1 N–H and O–H groups in total. The zero-order chi connectivity index (χ0) is 20.6. The molecule has 6 nitrogen and oxygen atoms in total. The van der Waals surface area contributed by atoms with Crippen LogP contribution in [-0.4, -0.2) is 36.8 Å². The largest absolute Gasteiger partial charge is 0.340 e. The van der Waals surface area contributed by atoms with Crippen LogP contribution in [0.2, 0.25) is 0 Å². The quantitative estimate of drug-likeness (QED) is 0.507. The van der Waals surface area contributed by atoms with Gasteiger partial charge in [-0.15, -0.1) is 11.3 Å². The Morgan fingerprint density at radius 3 is 2.55 bits per heavy atom. The summed E-state index contributed by atoms with van der Waals surface area (Å²) in [6.45, 7) is 0. The van der Waals surface area contributed by atoms with Crippen molar-refractivity contribution >= 4 is 43.1 Å². The Labute approximate surface area is 171 Å². The number of aromatic nitrogens is 2. The highest BCUT2D eigenvalue weighted by Crippen LogP contribution is 2.37. The molecule has 0 aliphatic carbocycles. The summed E-state index contributed by atoms with van der Waals surface area (Å²) in [7, 11) is -0.572. The van der Waals surface area contributed by atoms with E-state index in [4.69, 9.17) is 0 Å². The van der Waals surface area contributed by atoms with E-state index in [0.717, 1.165) is 21.3 Å². The van der Waals surface area contributed by atoms with E-state index >= 15 is 0 Å². The molecule has 29 heavy (non-hydrogen) atoms. The van der Waals surface area contributed by atoms with Gasteiger partial charge in [-0.25, -0.2) is 27.1 Å². The van der Waals surface area contributed by atoms with Crippen LogP contribution >= 0.6 is 11.3 Å². The van der Waals surface area contributed by atoms with Gasteiger partial charge in [-0.1, -0.05) is 18.2 Å². The van der Waals surface area contributed by atoms with Gasteiger partial charge < -0.3 is 5.32 Å². The standard InChI is InChI=1S/C20H17FN4O2S2/c1-25(2)29(26,27)16-5-3-4-15(10-16)24-19-18-17(11-28-20(18)23-12-22-19)13-6-8-14(21)9-7-13/h3-12H,1-2H3,(H,22,23,24). The lowest BCUT2D eigenvalue weighted by molar-refractivity contribution is 0.521. The zero-order valence-electron chi connectivity index (χ0n) is 15.6. The second-order valence-corrected chi connectivity index (χ2v) is 9.51. The summed E-state index contributed by atoms with van der Waals surface area (Å²) >= 11 is 1.46. The van der Waals surface area contributed by atoms with Gasteiger partial charge in [0.15, 0.2) is 0 Å². The molecule has 0 atom stereocenters. The van der Waals surface area contributed by atoms with E-state index in [1.807, 2.05) is 5.38 Å². The third kappa shape index (κ3) is 3.71. The maximum atomic E-state index is 13.3. The van der Waals surface area contributed by atoms with Gasteiger partial charge in [0.1, 0.15) is 22.8 Å². The predicted octanol–water partition coefficient (Wildman–Crippen LogP) is 4.49. The molecular formula is C20H17FN4O2S2. The smallest absolute Gasteiger partial charge is 0.242 e. The molecule has 0 saturated heterocycles. The minimum Gasteiger partial charge on any atom is -0.340 e. The number of halogens is 1. The van der Waals surface area contributed by atoms with Crippen LogP contribution in [0.3, 0.4) is 0 Å². The third-order valence-corrected chi connectivity index (χ3v) is 7.10. The lowest BCUT2D eigenvalue weighted by Gasteiger charge is -2.13. The van der Waals surface area contributed by atoms with Crippen molar-refractivity contribution in [2.75, 3.05) is 19.4 Å². The Kier molecular flexibility index (Phi) is 5.03. The number of nitrogens with zero attached hydrogens (tertiary/aromatic N) is 3. The monoisotopic (exact) mass is 428 g/mol. The summed E-state index contributed by atoms with van der Waals surface area (Å²) in [4.78, 5) is 9.63. The number of fused-ring (bicyclic) bond motifs is 1. The molecule has 0 amide bonds. The van der Waals surface area contributed by atoms with Crippen LogP contribution in [0.4, 0.5) is 15.9 Å². The minimum atomic E-state index is -3.55. The summed E-state index contributed by atoms with van der Waals surface area (Å²) in [5, 5.41) is 5.95. The summed E-state index contributed by atoms with van der Waals surface area (Å²) in [5.74, 6) is 0.247.